The van der Waals surface area contributed by atoms with Gasteiger partial charge in [0.2, 0.25) is 0 Å². The van der Waals surface area contributed by atoms with Gasteiger partial charge in [0.15, 0.2) is 6.29 Å². The van der Waals surface area contributed by atoms with Crippen molar-refractivity contribution in [1.29, 1.82) is 0 Å². The Morgan fingerprint density at radius 1 is 1.41 bits per heavy atom. The highest BCUT2D eigenvalue weighted by atomic mass is 16.7. The monoisotopic (exact) mass is 250 g/mol. The van der Waals surface area contributed by atoms with Crippen LogP contribution in [0.4, 0.5) is 4.79 Å². The number of aliphatic hydroxyl groups excluding tert-OH is 3. The average molecular weight is 250 g/mol. The summed E-state index contributed by atoms with van der Waals surface area (Å²) in [5.74, 6) is 0. The Hall–Kier alpha value is -0.930. The Morgan fingerprint density at radius 3 is 2.53 bits per heavy atom. The number of rotatable bonds is 3. The first-order valence-corrected chi connectivity index (χ1v) is 5.18. The quantitative estimate of drug-likeness (QED) is 0.374. The molecule has 0 radical (unpaired) electrons. The van der Waals surface area contributed by atoms with Crippen LogP contribution in [0, 0.1) is 0 Å². The fourth-order valence-corrected chi connectivity index (χ4v) is 1.68. The molecule has 0 spiro atoms. The van der Waals surface area contributed by atoms with Crippen LogP contribution in [0.3, 0.4) is 0 Å². The minimum Gasteiger partial charge on any atom is -0.394 e. The number of aliphatic hydroxyl groups is 3. The number of carbonyl (C=O) groups excluding carboxylic acids is 1. The second-order valence-corrected chi connectivity index (χ2v) is 3.69. The van der Waals surface area contributed by atoms with Crippen molar-refractivity contribution < 1.29 is 29.6 Å². The molecule has 5 atom stereocenters. The minimum absolute atomic E-state index is 0.445. The zero-order valence-electron chi connectivity index (χ0n) is 9.66. The molecule has 1 rings (SSSR count). The van der Waals surface area contributed by atoms with E-state index in [0.717, 1.165) is 0 Å². The van der Waals surface area contributed by atoms with Gasteiger partial charge in [-0.3, -0.25) is 0 Å². The summed E-state index contributed by atoms with van der Waals surface area (Å²) >= 11 is 0. The average Bonchev–Trinajstić information content (AvgIpc) is 2.34. The molecule has 5 N–H and O–H groups in total. The second-order valence-electron chi connectivity index (χ2n) is 3.69. The molecular weight excluding hydrogens is 232 g/mol. The second kappa shape index (κ2) is 6.12. The standard InChI is InChI=1S/C9H18N2O6/c1-10-9(15)11-5-6(13)4(3-12)17-8(16-2)7(5)14/h4-8,12-14H,3H2,1-2H3,(H2,10,11,15)/t4-,5-,6-,7-,8+/m1/s1. The number of nitrogens with one attached hydrogen (secondary N) is 2. The van der Waals surface area contributed by atoms with Gasteiger partial charge < -0.3 is 35.4 Å². The van der Waals surface area contributed by atoms with E-state index in [1.165, 1.54) is 14.2 Å². The van der Waals surface area contributed by atoms with E-state index in [4.69, 9.17) is 14.6 Å². The van der Waals surface area contributed by atoms with Crippen molar-refractivity contribution in [2.24, 2.45) is 0 Å². The van der Waals surface area contributed by atoms with Gasteiger partial charge in [-0.2, -0.15) is 0 Å². The van der Waals surface area contributed by atoms with Crippen LogP contribution >= 0.6 is 0 Å². The van der Waals surface area contributed by atoms with Crippen LogP contribution < -0.4 is 10.6 Å². The molecule has 1 aliphatic heterocycles. The normalized spacial score (nSPS) is 37.6. The van der Waals surface area contributed by atoms with Crippen molar-refractivity contribution in [2.75, 3.05) is 20.8 Å². The van der Waals surface area contributed by atoms with E-state index < -0.39 is 43.3 Å². The van der Waals surface area contributed by atoms with Crippen LogP contribution in [0.15, 0.2) is 0 Å². The van der Waals surface area contributed by atoms with E-state index in [-0.39, 0.29) is 0 Å². The topological polar surface area (TPSA) is 120 Å². The third-order valence-electron chi connectivity index (χ3n) is 2.64. The van der Waals surface area contributed by atoms with Gasteiger partial charge in [0, 0.05) is 14.2 Å². The van der Waals surface area contributed by atoms with Crippen molar-refractivity contribution in [3.05, 3.63) is 0 Å². The summed E-state index contributed by atoms with van der Waals surface area (Å²) in [5, 5.41) is 33.3. The highest BCUT2D eigenvalue weighted by molar-refractivity contribution is 5.74. The molecule has 1 aliphatic rings. The first-order chi connectivity index (χ1) is 8.04. The fourth-order valence-electron chi connectivity index (χ4n) is 1.68. The number of carbonyl (C=O) groups is 1. The number of methoxy groups -OCH3 is 1. The predicted octanol–water partition coefficient (Wildman–Crippen LogP) is -2.63. The maximum absolute atomic E-state index is 11.2. The third kappa shape index (κ3) is 3.05. The van der Waals surface area contributed by atoms with Gasteiger partial charge in [-0.1, -0.05) is 0 Å². The summed E-state index contributed by atoms with van der Waals surface area (Å²) < 4.78 is 9.97. The molecule has 0 unspecified atom stereocenters. The number of hydrogen-bond donors (Lipinski definition) is 5. The summed E-state index contributed by atoms with van der Waals surface area (Å²) in [4.78, 5) is 11.2. The fraction of sp³-hybridized carbons (Fsp3) is 0.889. The van der Waals surface area contributed by atoms with E-state index in [1.807, 2.05) is 0 Å². The van der Waals surface area contributed by atoms with Gasteiger partial charge >= 0.3 is 6.03 Å². The molecule has 0 aromatic carbocycles. The van der Waals surface area contributed by atoms with Crippen molar-refractivity contribution in [2.45, 2.75) is 30.6 Å². The third-order valence-corrected chi connectivity index (χ3v) is 2.64. The zero-order valence-corrected chi connectivity index (χ0v) is 9.66. The highest BCUT2D eigenvalue weighted by Crippen LogP contribution is 2.21. The Balaban J connectivity index is 2.77. The van der Waals surface area contributed by atoms with Gasteiger partial charge in [-0.05, 0) is 0 Å². The SMILES string of the molecule is CNC(=O)N[C@H]1[C@@H](O)[C@@H](OC)O[C@H](CO)[C@H]1O. The largest absolute Gasteiger partial charge is 0.394 e. The van der Waals surface area contributed by atoms with Crippen LogP contribution in [0.2, 0.25) is 0 Å². The summed E-state index contributed by atoms with van der Waals surface area (Å²) in [6, 6.07) is -1.53. The molecule has 17 heavy (non-hydrogen) atoms. The van der Waals surface area contributed by atoms with Gasteiger partial charge in [0.1, 0.15) is 18.3 Å². The number of urea groups is 1. The Morgan fingerprint density at radius 2 is 2.06 bits per heavy atom. The maximum atomic E-state index is 11.2. The first-order valence-electron chi connectivity index (χ1n) is 5.18. The lowest BCUT2D eigenvalue weighted by Crippen LogP contribution is -2.65. The summed E-state index contributed by atoms with van der Waals surface area (Å²) in [6.45, 7) is -0.445. The van der Waals surface area contributed by atoms with Crippen molar-refractivity contribution in [3.63, 3.8) is 0 Å². The van der Waals surface area contributed by atoms with Crippen LogP contribution in [0.25, 0.3) is 0 Å². The molecule has 1 fully saturated rings. The lowest BCUT2D eigenvalue weighted by atomic mass is 9.96. The molecular formula is C9H18N2O6. The number of amides is 2. The highest BCUT2D eigenvalue weighted by Gasteiger charge is 2.45. The van der Waals surface area contributed by atoms with Crippen LogP contribution in [-0.2, 0) is 9.47 Å². The van der Waals surface area contributed by atoms with Crippen molar-refractivity contribution in [3.8, 4) is 0 Å². The van der Waals surface area contributed by atoms with E-state index >= 15 is 0 Å². The Bertz CT molecular complexity index is 248. The molecule has 1 heterocycles. The molecule has 0 aromatic rings. The summed E-state index contributed by atoms with van der Waals surface area (Å²) in [5.41, 5.74) is 0. The number of hydrogen-bond acceptors (Lipinski definition) is 6. The van der Waals surface area contributed by atoms with Gasteiger partial charge in [-0.15, -0.1) is 0 Å². The summed E-state index contributed by atoms with van der Waals surface area (Å²) in [7, 11) is 2.72. The lowest BCUT2D eigenvalue weighted by Gasteiger charge is -2.41. The molecule has 0 bridgehead atoms. The molecule has 100 valence electrons. The molecule has 2 amide bonds. The summed E-state index contributed by atoms with van der Waals surface area (Å²) in [6.07, 6.45) is -4.39. The Labute approximate surface area is 98.5 Å². The maximum Gasteiger partial charge on any atom is 0.314 e. The van der Waals surface area contributed by atoms with Crippen molar-refractivity contribution in [1.82, 2.24) is 10.6 Å². The zero-order chi connectivity index (χ0) is 13.0. The lowest BCUT2D eigenvalue weighted by molar-refractivity contribution is -0.270. The predicted molar refractivity (Wildman–Crippen MR) is 56.1 cm³/mol. The van der Waals surface area contributed by atoms with E-state index in [9.17, 15) is 15.0 Å². The molecule has 0 saturated carbocycles. The Kier molecular flexibility index (Phi) is 5.09. The molecule has 8 heteroatoms. The minimum atomic E-state index is -1.23. The van der Waals surface area contributed by atoms with Gasteiger partial charge in [-0.25, -0.2) is 4.79 Å². The van der Waals surface area contributed by atoms with E-state index in [0.29, 0.717) is 0 Å². The van der Waals surface area contributed by atoms with Crippen molar-refractivity contribution >= 4 is 6.03 Å². The van der Waals surface area contributed by atoms with E-state index in [1.54, 1.807) is 0 Å². The van der Waals surface area contributed by atoms with Crippen LogP contribution in [0.5, 0.6) is 0 Å². The first kappa shape index (κ1) is 14.1. The molecule has 8 nitrogen and oxygen atoms in total. The van der Waals surface area contributed by atoms with Crippen LogP contribution in [-0.4, -0.2) is 72.8 Å². The smallest absolute Gasteiger partial charge is 0.314 e. The van der Waals surface area contributed by atoms with Gasteiger partial charge in [0.05, 0.1) is 12.6 Å². The molecule has 1 saturated heterocycles. The molecule has 0 aliphatic carbocycles. The number of ether oxygens (including phenoxy) is 2. The molecule has 0 aromatic heterocycles. The van der Waals surface area contributed by atoms with Gasteiger partial charge in [0.25, 0.3) is 0 Å². The van der Waals surface area contributed by atoms with E-state index in [2.05, 4.69) is 10.6 Å². The van der Waals surface area contributed by atoms with Crippen LogP contribution in [0.1, 0.15) is 0 Å².